The number of nitrogens with one attached hydrogen (secondary N) is 1. The van der Waals surface area contributed by atoms with Crippen molar-refractivity contribution >= 4 is 10.0 Å². The molecule has 6 heteroatoms. The Bertz CT molecular complexity index is 709. The van der Waals surface area contributed by atoms with Crippen molar-refractivity contribution in [3.8, 4) is 11.5 Å². The summed E-state index contributed by atoms with van der Waals surface area (Å²) in [7, 11) is -1.96. The molecule has 0 aliphatic heterocycles. The van der Waals surface area contributed by atoms with Crippen molar-refractivity contribution < 1.29 is 17.9 Å². The van der Waals surface area contributed by atoms with Crippen LogP contribution in [0.25, 0.3) is 0 Å². The molecule has 0 spiro atoms. The minimum atomic E-state index is -3.50. The Morgan fingerprint density at radius 2 is 1.57 bits per heavy atom. The summed E-state index contributed by atoms with van der Waals surface area (Å²) >= 11 is 0. The summed E-state index contributed by atoms with van der Waals surface area (Å²) in [6.07, 6.45) is 0.613. The maximum absolute atomic E-state index is 12.2. The van der Waals surface area contributed by atoms with Gasteiger partial charge in [0.25, 0.3) is 0 Å². The van der Waals surface area contributed by atoms with Crippen LogP contribution in [-0.2, 0) is 16.4 Å². The van der Waals surface area contributed by atoms with Crippen LogP contribution in [0.4, 0.5) is 0 Å². The lowest BCUT2D eigenvalue weighted by atomic mass is 10.1. The molecule has 0 radical (unpaired) electrons. The third kappa shape index (κ3) is 4.97. The SMILES string of the molecule is CCOc1ccc(CCNS(=O)(=O)c2ccc(OC)cc2)cc1. The normalized spacial score (nSPS) is 11.2. The number of benzene rings is 2. The van der Waals surface area contributed by atoms with E-state index in [1.807, 2.05) is 31.2 Å². The third-order valence-corrected chi connectivity index (χ3v) is 4.79. The van der Waals surface area contributed by atoms with E-state index in [0.29, 0.717) is 25.3 Å². The number of methoxy groups -OCH3 is 1. The molecule has 0 bridgehead atoms. The summed E-state index contributed by atoms with van der Waals surface area (Å²) < 4.78 is 37.4. The van der Waals surface area contributed by atoms with E-state index in [9.17, 15) is 8.42 Å². The van der Waals surface area contributed by atoms with Crippen LogP contribution < -0.4 is 14.2 Å². The maximum Gasteiger partial charge on any atom is 0.240 e. The predicted octanol–water partition coefficient (Wildman–Crippen LogP) is 2.61. The molecule has 5 nitrogen and oxygen atoms in total. The fourth-order valence-electron chi connectivity index (χ4n) is 2.09. The smallest absolute Gasteiger partial charge is 0.240 e. The molecule has 0 fully saturated rings. The van der Waals surface area contributed by atoms with Gasteiger partial charge in [0, 0.05) is 6.54 Å². The van der Waals surface area contributed by atoms with Crippen LogP contribution in [-0.4, -0.2) is 28.7 Å². The molecule has 23 heavy (non-hydrogen) atoms. The fraction of sp³-hybridized carbons (Fsp3) is 0.294. The van der Waals surface area contributed by atoms with Gasteiger partial charge in [0.15, 0.2) is 0 Å². The highest BCUT2D eigenvalue weighted by atomic mass is 32.2. The summed E-state index contributed by atoms with van der Waals surface area (Å²) in [5, 5.41) is 0. The molecule has 0 saturated heterocycles. The molecular formula is C17H21NO4S. The minimum absolute atomic E-state index is 0.227. The highest BCUT2D eigenvalue weighted by Crippen LogP contribution is 2.16. The van der Waals surface area contributed by atoms with E-state index in [4.69, 9.17) is 9.47 Å². The van der Waals surface area contributed by atoms with E-state index in [-0.39, 0.29) is 4.90 Å². The quantitative estimate of drug-likeness (QED) is 0.805. The van der Waals surface area contributed by atoms with Crippen LogP contribution >= 0.6 is 0 Å². The van der Waals surface area contributed by atoms with Gasteiger partial charge in [0.2, 0.25) is 10.0 Å². The molecule has 1 N–H and O–H groups in total. The van der Waals surface area contributed by atoms with E-state index >= 15 is 0 Å². The van der Waals surface area contributed by atoms with Gasteiger partial charge in [-0.15, -0.1) is 0 Å². The van der Waals surface area contributed by atoms with Crippen LogP contribution in [0.5, 0.6) is 11.5 Å². The molecule has 0 unspecified atom stereocenters. The van der Waals surface area contributed by atoms with Gasteiger partial charge in [-0.25, -0.2) is 13.1 Å². The zero-order valence-corrected chi connectivity index (χ0v) is 14.1. The van der Waals surface area contributed by atoms with Crippen molar-refractivity contribution in [2.24, 2.45) is 0 Å². The Balaban J connectivity index is 1.91. The van der Waals surface area contributed by atoms with Gasteiger partial charge < -0.3 is 9.47 Å². The monoisotopic (exact) mass is 335 g/mol. The molecule has 0 atom stereocenters. The van der Waals surface area contributed by atoms with Crippen LogP contribution in [0.15, 0.2) is 53.4 Å². The Kier molecular flexibility index (Phi) is 6.01. The Labute approximate surface area is 137 Å². The van der Waals surface area contributed by atoms with E-state index in [0.717, 1.165) is 11.3 Å². The first-order valence-electron chi connectivity index (χ1n) is 7.40. The molecule has 2 aromatic carbocycles. The van der Waals surface area contributed by atoms with E-state index in [2.05, 4.69) is 4.72 Å². The van der Waals surface area contributed by atoms with Crippen molar-refractivity contribution in [1.29, 1.82) is 0 Å². The van der Waals surface area contributed by atoms with Crippen LogP contribution in [0.2, 0.25) is 0 Å². The summed E-state index contributed by atoms with van der Waals surface area (Å²) in [4.78, 5) is 0.227. The average molecular weight is 335 g/mol. The van der Waals surface area contributed by atoms with Crippen molar-refractivity contribution in [2.75, 3.05) is 20.3 Å². The molecule has 2 aromatic rings. The lowest BCUT2D eigenvalue weighted by molar-refractivity contribution is 0.340. The maximum atomic E-state index is 12.2. The summed E-state index contributed by atoms with van der Waals surface area (Å²) in [5.74, 6) is 1.44. The number of sulfonamides is 1. The summed E-state index contributed by atoms with van der Waals surface area (Å²) in [5.41, 5.74) is 1.05. The summed E-state index contributed by atoms with van der Waals surface area (Å²) in [6, 6.07) is 13.9. The highest BCUT2D eigenvalue weighted by molar-refractivity contribution is 7.89. The van der Waals surface area contributed by atoms with Gasteiger partial charge in [-0.3, -0.25) is 0 Å². The average Bonchev–Trinajstić information content (AvgIpc) is 2.57. The third-order valence-electron chi connectivity index (χ3n) is 3.31. The largest absolute Gasteiger partial charge is 0.497 e. The highest BCUT2D eigenvalue weighted by Gasteiger charge is 2.13. The van der Waals surface area contributed by atoms with Gasteiger partial charge in [0.1, 0.15) is 11.5 Å². The predicted molar refractivity (Wildman–Crippen MR) is 89.5 cm³/mol. The molecule has 0 heterocycles. The lowest BCUT2D eigenvalue weighted by Gasteiger charge is -2.08. The molecule has 0 aliphatic rings. The van der Waals surface area contributed by atoms with Crippen LogP contribution in [0.3, 0.4) is 0 Å². The van der Waals surface area contributed by atoms with Gasteiger partial charge in [-0.1, -0.05) is 12.1 Å². The second kappa shape index (κ2) is 7.99. The first kappa shape index (κ1) is 17.3. The van der Waals surface area contributed by atoms with Crippen molar-refractivity contribution in [2.45, 2.75) is 18.2 Å². The first-order valence-corrected chi connectivity index (χ1v) is 8.89. The van der Waals surface area contributed by atoms with Crippen molar-refractivity contribution in [3.63, 3.8) is 0 Å². The Hall–Kier alpha value is -2.05. The molecule has 0 aromatic heterocycles. The van der Waals surface area contributed by atoms with Crippen molar-refractivity contribution in [1.82, 2.24) is 4.72 Å². The first-order chi connectivity index (χ1) is 11.0. The number of hydrogen-bond donors (Lipinski definition) is 1. The Morgan fingerprint density at radius 3 is 2.13 bits per heavy atom. The van der Waals surface area contributed by atoms with Gasteiger partial charge in [-0.05, 0) is 55.3 Å². The molecule has 124 valence electrons. The fourth-order valence-corrected chi connectivity index (χ4v) is 3.12. The molecule has 0 saturated carbocycles. The van der Waals surface area contributed by atoms with E-state index < -0.39 is 10.0 Å². The standard InChI is InChI=1S/C17H21NO4S/c1-3-22-16-6-4-14(5-7-16)12-13-18-23(19,20)17-10-8-15(21-2)9-11-17/h4-11,18H,3,12-13H2,1-2H3. The zero-order chi connectivity index (χ0) is 16.7. The second-order valence-corrected chi connectivity index (χ2v) is 6.67. The van der Waals surface area contributed by atoms with Crippen LogP contribution in [0, 0.1) is 0 Å². The topological polar surface area (TPSA) is 64.6 Å². The number of ether oxygens (including phenoxy) is 2. The molecular weight excluding hydrogens is 314 g/mol. The molecule has 2 rings (SSSR count). The second-order valence-electron chi connectivity index (χ2n) is 4.90. The lowest BCUT2D eigenvalue weighted by Crippen LogP contribution is -2.25. The van der Waals surface area contributed by atoms with Gasteiger partial charge in [-0.2, -0.15) is 0 Å². The Morgan fingerprint density at radius 1 is 0.957 bits per heavy atom. The molecule has 0 amide bonds. The minimum Gasteiger partial charge on any atom is -0.497 e. The van der Waals surface area contributed by atoms with Crippen LogP contribution in [0.1, 0.15) is 12.5 Å². The summed E-state index contributed by atoms with van der Waals surface area (Å²) in [6.45, 7) is 2.89. The van der Waals surface area contributed by atoms with Crippen molar-refractivity contribution in [3.05, 3.63) is 54.1 Å². The van der Waals surface area contributed by atoms with E-state index in [1.165, 1.54) is 12.1 Å². The molecule has 0 aliphatic carbocycles. The number of hydrogen-bond acceptors (Lipinski definition) is 4. The van der Waals surface area contributed by atoms with E-state index in [1.54, 1.807) is 19.2 Å². The number of rotatable bonds is 8. The van der Waals surface area contributed by atoms with Gasteiger partial charge >= 0.3 is 0 Å². The zero-order valence-electron chi connectivity index (χ0n) is 13.3. The van der Waals surface area contributed by atoms with Gasteiger partial charge in [0.05, 0.1) is 18.6 Å².